The van der Waals surface area contributed by atoms with Gasteiger partial charge in [-0.2, -0.15) is 0 Å². The summed E-state index contributed by atoms with van der Waals surface area (Å²) in [6, 6.07) is 35.6. The van der Waals surface area contributed by atoms with Gasteiger partial charge in [0.1, 0.15) is 11.6 Å². The van der Waals surface area contributed by atoms with Gasteiger partial charge in [-0.15, -0.1) is 17.7 Å². The number of phenolic OH excluding ortho intramolecular Hbond substituents is 1. The van der Waals surface area contributed by atoms with Crippen molar-refractivity contribution in [2.24, 2.45) is 4.99 Å². The average molecular weight is 745 g/mol. The van der Waals surface area contributed by atoms with Crippen LogP contribution in [0.2, 0.25) is 0 Å². The fourth-order valence-electron chi connectivity index (χ4n) is 5.27. The number of fused-ring (bicyclic) bond motifs is 1. The molecule has 6 aromatic rings. The van der Waals surface area contributed by atoms with Gasteiger partial charge in [-0.3, -0.25) is 9.56 Å². The van der Waals surface area contributed by atoms with Crippen LogP contribution in [0.1, 0.15) is 43.3 Å². The number of para-hydroxylation sites is 3. The van der Waals surface area contributed by atoms with Crippen LogP contribution in [0.5, 0.6) is 5.75 Å². The molecule has 0 aliphatic rings. The monoisotopic (exact) mass is 744 g/mol. The van der Waals surface area contributed by atoms with E-state index in [0.29, 0.717) is 5.56 Å². The van der Waals surface area contributed by atoms with Crippen LogP contribution in [0.15, 0.2) is 102 Å². The molecule has 5 nitrogen and oxygen atoms in total. The zero-order valence-electron chi connectivity index (χ0n) is 24.9. The van der Waals surface area contributed by atoms with E-state index in [-0.39, 0.29) is 32.2 Å². The largest absolute Gasteiger partial charge is 0.507 e. The van der Waals surface area contributed by atoms with Gasteiger partial charge in [-0.25, -0.2) is 4.98 Å². The molecule has 0 amide bonds. The maximum Gasteiger partial charge on any atom is 0.146 e. The van der Waals surface area contributed by atoms with Crippen molar-refractivity contribution in [3.8, 4) is 34.0 Å². The summed E-state index contributed by atoms with van der Waals surface area (Å²) < 4.78 is 2.18. The number of aromatic nitrogens is 3. The van der Waals surface area contributed by atoms with E-state index in [4.69, 9.17) is 15.0 Å². The molecule has 43 heavy (non-hydrogen) atoms. The summed E-state index contributed by atoms with van der Waals surface area (Å²) in [6.45, 7) is 10.5. The minimum Gasteiger partial charge on any atom is -0.507 e. The third-order valence-corrected chi connectivity index (χ3v) is 7.48. The van der Waals surface area contributed by atoms with E-state index in [1.54, 1.807) is 12.3 Å². The van der Waals surface area contributed by atoms with Crippen molar-refractivity contribution in [1.29, 1.82) is 0 Å². The van der Waals surface area contributed by atoms with E-state index in [2.05, 4.69) is 61.7 Å². The molecular formula is C37H33N4OPt-. The number of phenols is 1. The number of aromatic hydroxyl groups is 1. The SMILES string of the molecule is Cc1c[c-]c(-c2cccc3c2nc(-c2ccccc2N=Cc2cc(C(C)(C)C)ccc2O)n3-c2ccccc2)c(C)n1.[Pt]. The molecule has 218 valence electrons. The first-order chi connectivity index (χ1) is 20.2. The molecule has 6 rings (SSSR count). The molecule has 0 saturated heterocycles. The van der Waals surface area contributed by atoms with E-state index >= 15 is 0 Å². The van der Waals surface area contributed by atoms with Gasteiger partial charge in [0, 0.05) is 44.1 Å². The molecule has 4 aromatic carbocycles. The summed E-state index contributed by atoms with van der Waals surface area (Å²) in [4.78, 5) is 14.9. The topological polar surface area (TPSA) is 63.3 Å². The zero-order chi connectivity index (χ0) is 29.4. The van der Waals surface area contributed by atoms with Gasteiger partial charge in [0.25, 0.3) is 0 Å². The number of hydrogen-bond acceptors (Lipinski definition) is 4. The summed E-state index contributed by atoms with van der Waals surface area (Å²) in [5.74, 6) is 0.977. The Hall–Kier alpha value is -4.34. The van der Waals surface area contributed by atoms with Gasteiger partial charge in [0.15, 0.2) is 0 Å². The predicted molar refractivity (Wildman–Crippen MR) is 172 cm³/mol. The van der Waals surface area contributed by atoms with Gasteiger partial charge in [-0.05, 0) is 64.8 Å². The van der Waals surface area contributed by atoms with Crippen LogP contribution in [0, 0.1) is 19.9 Å². The summed E-state index contributed by atoms with van der Waals surface area (Å²) in [5, 5.41) is 10.6. The molecule has 0 radical (unpaired) electrons. The number of imidazole rings is 1. The normalized spacial score (nSPS) is 11.7. The van der Waals surface area contributed by atoms with E-state index in [1.807, 2.05) is 74.5 Å². The second kappa shape index (κ2) is 12.1. The van der Waals surface area contributed by atoms with Crippen molar-refractivity contribution < 1.29 is 26.2 Å². The number of pyridine rings is 1. The molecule has 0 spiro atoms. The second-order valence-electron chi connectivity index (χ2n) is 11.6. The summed E-state index contributed by atoms with van der Waals surface area (Å²) >= 11 is 0. The molecule has 6 heteroatoms. The maximum atomic E-state index is 10.6. The molecule has 0 atom stereocenters. The van der Waals surface area contributed by atoms with Crippen molar-refractivity contribution >= 4 is 22.9 Å². The quantitative estimate of drug-likeness (QED) is 0.142. The van der Waals surface area contributed by atoms with Crippen LogP contribution in [0.25, 0.3) is 39.2 Å². The summed E-state index contributed by atoms with van der Waals surface area (Å²) in [6.07, 6.45) is 1.74. The Morgan fingerprint density at radius 2 is 1.56 bits per heavy atom. The van der Waals surface area contributed by atoms with Crippen LogP contribution in [0.3, 0.4) is 0 Å². The standard InChI is InChI=1S/C37H33N4O.Pt/c1-24-18-20-29(25(2)39-24)30-15-11-17-33-35(30)40-36(41(33)28-12-7-6-8-13-28)31-14-9-10-16-32(31)38-23-26-22-27(37(3,4)5)19-21-34(26)42;/h6-19,21-23,42H,1-5H3;/q-1;. The van der Waals surface area contributed by atoms with Gasteiger partial charge in [-0.1, -0.05) is 88.7 Å². The van der Waals surface area contributed by atoms with Crippen molar-refractivity contribution in [1.82, 2.24) is 14.5 Å². The molecule has 0 saturated carbocycles. The Labute approximate surface area is 267 Å². The minimum atomic E-state index is -0.0464. The number of hydrogen-bond donors (Lipinski definition) is 1. The maximum absolute atomic E-state index is 10.6. The molecule has 2 heterocycles. The second-order valence-corrected chi connectivity index (χ2v) is 11.6. The van der Waals surface area contributed by atoms with Crippen molar-refractivity contribution in [3.05, 3.63) is 126 Å². The Morgan fingerprint density at radius 3 is 2.30 bits per heavy atom. The molecule has 0 bridgehead atoms. The smallest absolute Gasteiger partial charge is 0.146 e. The van der Waals surface area contributed by atoms with Gasteiger partial charge in [0.05, 0.1) is 16.7 Å². The third-order valence-electron chi connectivity index (χ3n) is 7.48. The first-order valence-electron chi connectivity index (χ1n) is 14.1. The average Bonchev–Trinajstić information content (AvgIpc) is 3.37. The van der Waals surface area contributed by atoms with Crippen LogP contribution in [-0.4, -0.2) is 25.9 Å². The minimum absolute atomic E-state index is 0. The van der Waals surface area contributed by atoms with Gasteiger partial charge in [0.2, 0.25) is 0 Å². The van der Waals surface area contributed by atoms with Crippen LogP contribution < -0.4 is 0 Å². The van der Waals surface area contributed by atoms with Crippen molar-refractivity contribution in [3.63, 3.8) is 0 Å². The molecule has 2 aromatic heterocycles. The molecule has 0 fully saturated rings. The Kier molecular flexibility index (Phi) is 8.48. The Balaban J connectivity index is 0.00000368. The van der Waals surface area contributed by atoms with Crippen molar-refractivity contribution in [2.45, 2.75) is 40.0 Å². The summed E-state index contributed by atoms with van der Waals surface area (Å²) in [7, 11) is 0. The fraction of sp³-hybridized carbons (Fsp3) is 0.162. The van der Waals surface area contributed by atoms with Gasteiger partial charge >= 0.3 is 0 Å². The molecule has 1 N–H and O–H groups in total. The molecular weight excluding hydrogens is 712 g/mol. The number of benzene rings is 4. The molecule has 0 aliphatic heterocycles. The van der Waals surface area contributed by atoms with E-state index in [0.717, 1.165) is 61.9 Å². The summed E-state index contributed by atoms with van der Waals surface area (Å²) in [5.41, 5.74) is 10.0. The van der Waals surface area contributed by atoms with E-state index < -0.39 is 0 Å². The number of aryl methyl sites for hydroxylation is 2. The first kappa shape index (κ1) is 30.1. The number of nitrogens with zero attached hydrogens (tertiary/aromatic N) is 4. The van der Waals surface area contributed by atoms with Crippen LogP contribution >= 0.6 is 0 Å². The first-order valence-corrected chi connectivity index (χ1v) is 14.1. The molecule has 0 unspecified atom stereocenters. The predicted octanol–water partition coefficient (Wildman–Crippen LogP) is 8.92. The molecule has 0 aliphatic carbocycles. The van der Waals surface area contributed by atoms with E-state index in [1.165, 1.54) is 0 Å². The Morgan fingerprint density at radius 1 is 0.837 bits per heavy atom. The number of rotatable bonds is 5. The van der Waals surface area contributed by atoms with Crippen LogP contribution in [-0.2, 0) is 26.5 Å². The Bertz CT molecular complexity index is 1950. The zero-order valence-corrected chi connectivity index (χ0v) is 27.1. The van der Waals surface area contributed by atoms with Crippen molar-refractivity contribution in [2.75, 3.05) is 0 Å². The fourth-order valence-corrected chi connectivity index (χ4v) is 5.27. The number of aliphatic imine (C=N–C) groups is 1. The third kappa shape index (κ3) is 5.96. The van der Waals surface area contributed by atoms with Crippen LogP contribution in [0.4, 0.5) is 5.69 Å². The van der Waals surface area contributed by atoms with E-state index in [9.17, 15) is 5.11 Å². The van der Waals surface area contributed by atoms with Gasteiger partial charge < -0.3 is 10.1 Å².